The van der Waals surface area contributed by atoms with Gasteiger partial charge in [-0.3, -0.25) is 9.79 Å². The first kappa shape index (κ1) is 10.5. The topological polar surface area (TPSA) is 102 Å². The van der Waals surface area contributed by atoms with Gasteiger partial charge in [0, 0.05) is 24.8 Å². The largest absolute Gasteiger partial charge is 0.385 e. The summed E-state index contributed by atoms with van der Waals surface area (Å²) < 4.78 is 0. The van der Waals surface area contributed by atoms with Crippen LogP contribution in [-0.2, 0) is 4.79 Å². The van der Waals surface area contributed by atoms with Crippen molar-refractivity contribution in [2.75, 3.05) is 12.3 Å². The number of amides is 1. The van der Waals surface area contributed by atoms with E-state index in [1.807, 2.05) is 0 Å². The molecule has 1 heterocycles. The Morgan fingerprint density at radius 3 is 2.92 bits per heavy atom. The molecule has 0 bridgehead atoms. The van der Waals surface area contributed by atoms with E-state index in [2.05, 4.69) is 4.99 Å². The van der Waals surface area contributed by atoms with Gasteiger partial charge in [-0.25, -0.2) is 0 Å². The summed E-state index contributed by atoms with van der Waals surface area (Å²) in [4.78, 5) is 14.6. The van der Waals surface area contributed by atoms with Crippen LogP contribution in [0.2, 0.25) is 0 Å². The standard InChI is InChI=1S/C7H13N3O2S/c8-4(3-5(9)11)6(12)7-10-1-2-13-7/h4,6,12H,1-3,8H2,(H2,9,11)/t4-,6?/m0/s1. The van der Waals surface area contributed by atoms with Crippen LogP contribution in [0.5, 0.6) is 0 Å². The second-order valence-electron chi connectivity index (χ2n) is 2.85. The third kappa shape index (κ3) is 2.98. The number of aliphatic imine (C=N–C) groups is 1. The summed E-state index contributed by atoms with van der Waals surface area (Å²) in [5.74, 6) is 0.366. The summed E-state index contributed by atoms with van der Waals surface area (Å²) in [7, 11) is 0. The summed E-state index contributed by atoms with van der Waals surface area (Å²) in [5.41, 5.74) is 10.5. The van der Waals surface area contributed by atoms with Crippen molar-refractivity contribution in [3.05, 3.63) is 0 Å². The van der Waals surface area contributed by atoms with Crippen molar-refractivity contribution in [1.29, 1.82) is 0 Å². The fourth-order valence-corrected chi connectivity index (χ4v) is 1.98. The molecule has 0 saturated heterocycles. The Labute approximate surface area is 80.6 Å². The molecule has 0 aromatic heterocycles. The fourth-order valence-electron chi connectivity index (χ4n) is 1.06. The predicted molar refractivity (Wildman–Crippen MR) is 52.6 cm³/mol. The van der Waals surface area contributed by atoms with Gasteiger partial charge in [-0.05, 0) is 0 Å². The number of nitrogens with zero attached hydrogens (tertiary/aromatic N) is 1. The summed E-state index contributed by atoms with van der Waals surface area (Å²) >= 11 is 1.47. The predicted octanol–water partition coefficient (Wildman–Crippen LogP) is -1.30. The average molecular weight is 203 g/mol. The molecular formula is C7H13N3O2S. The second-order valence-corrected chi connectivity index (χ2v) is 3.96. The highest BCUT2D eigenvalue weighted by molar-refractivity contribution is 8.14. The first-order chi connectivity index (χ1) is 6.11. The lowest BCUT2D eigenvalue weighted by Crippen LogP contribution is -2.41. The Bertz CT molecular complexity index is 232. The highest BCUT2D eigenvalue weighted by Crippen LogP contribution is 2.16. The number of hydrogen-bond acceptors (Lipinski definition) is 5. The van der Waals surface area contributed by atoms with Crippen LogP contribution in [0.1, 0.15) is 6.42 Å². The summed E-state index contributed by atoms with van der Waals surface area (Å²) in [6, 6.07) is -0.637. The molecule has 6 heteroatoms. The molecule has 1 amide bonds. The maximum Gasteiger partial charge on any atom is 0.219 e. The maximum atomic E-state index is 10.5. The highest BCUT2D eigenvalue weighted by Gasteiger charge is 2.24. The summed E-state index contributed by atoms with van der Waals surface area (Å²) in [5, 5.41) is 10.2. The molecule has 0 fully saturated rings. The van der Waals surface area contributed by atoms with E-state index < -0.39 is 18.1 Å². The van der Waals surface area contributed by atoms with Crippen LogP contribution in [0.15, 0.2) is 4.99 Å². The van der Waals surface area contributed by atoms with Gasteiger partial charge in [-0.2, -0.15) is 0 Å². The molecule has 1 unspecified atom stereocenters. The monoisotopic (exact) mass is 203 g/mol. The van der Waals surface area contributed by atoms with Crippen LogP contribution in [0.3, 0.4) is 0 Å². The van der Waals surface area contributed by atoms with Gasteiger partial charge in [0.1, 0.15) is 6.10 Å². The van der Waals surface area contributed by atoms with Crippen LogP contribution in [0.25, 0.3) is 0 Å². The van der Waals surface area contributed by atoms with Crippen molar-refractivity contribution >= 4 is 22.7 Å². The molecule has 0 radical (unpaired) electrons. The number of aliphatic hydroxyl groups is 1. The van der Waals surface area contributed by atoms with Gasteiger partial charge >= 0.3 is 0 Å². The Morgan fingerprint density at radius 2 is 2.46 bits per heavy atom. The maximum absolute atomic E-state index is 10.5. The third-order valence-corrected chi connectivity index (χ3v) is 2.76. The zero-order valence-corrected chi connectivity index (χ0v) is 7.96. The molecule has 0 spiro atoms. The van der Waals surface area contributed by atoms with Crippen molar-refractivity contribution in [1.82, 2.24) is 0 Å². The molecule has 0 aliphatic carbocycles. The van der Waals surface area contributed by atoms with Crippen LogP contribution in [0.4, 0.5) is 0 Å². The van der Waals surface area contributed by atoms with Crippen molar-refractivity contribution in [3.8, 4) is 0 Å². The minimum absolute atomic E-state index is 0.0131. The molecule has 0 aromatic rings. The van der Waals surface area contributed by atoms with Gasteiger partial charge in [-0.1, -0.05) is 0 Å². The number of primary amides is 1. The lowest BCUT2D eigenvalue weighted by molar-refractivity contribution is -0.118. The van der Waals surface area contributed by atoms with E-state index in [-0.39, 0.29) is 6.42 Å². The minimum Gasteiger partial charge on any atom is -0.385 e. The first-order valence-electron chi connectivity index (χ1n) is 4.00. The van der Waals surface area contributed by atoms with Crippen LogP contribution in [0, 0.1) is 0 Å². The van der Waals surface area contributed by atoms with Gasteiger partial charge in [0.25, 0.3) is 0 Å². The Hall–Kier alpha value is -0.590. The molecule has 13 heavy (non-hydrogen) atoms. The molecule has 2 atom stereocenters. The van der Waals surface area contributed by atoms with Gasteiger partial charge in [0.2, 0.25) is 5.91 Å². The number of carbonyl (C=O) groups excluding carboxylic acids is 1. The van der Waals surface area contributed by atoms with Crippen molar-refractivity contribution in [2.45, 2.75) is 18.6 Å². The number of thioether (sulfide) groups is 1. The SMILES string of the molecule is NC(=O)C[C@H](N)C(O)C1=NCCS1. The fraction of sp³-hybridized carbons (Fsp3) is 0.714. The quantitative estimate of drug-likeness (QED) is 0.528. The van der Waals surface area contributed by atoms with E-state index >= 15 is 0 Å². The zero-order valence-electron chi connectivity index (χ0n) is 7.14. The number of aliphatic hydroxyl groups excluding tert-OH is 1. The third-order valence-electron chi connectivity index (χ3n) is 1.70. The molecule has 1 rings (SSSR count). The lowest BCUT2D eigenvalue weighted by Gasteiger charge is -2.16. The minimum atomic E-state index is -0.847. The summed E-state index contributed by atoms with van der Waals surface area (Å²) in [6.07, 6.45) is -0.860. The second kappa shape index (κ2) is 4.59. The molecule has 74 valence electrons. The Morgan fingerprint density at radius 1 is 1.77 bits per heavy atom. The number of carbonyl (C=O) groups is 1. The Balaban J connectivity index is 2.45. The van der Waals surface area contributed by atoms with Gasteiger partial charge in [0.15, 0.2) is 0 Å². The molecule has 5 N–H and O–H groups in total. The van der Waals surface area contributed by atoms with Gasteiger partial charge in [-0.15, -0.1) is 11.8 Å². The molecule has 0 saturated carbocycles. The Kier molecular flexibility index (Phi) is 3.71. The molecule has 5 nitrogen and oxygen atoms in total. The number of nitrogens with two attached hydrogens (primary N) is 2. The van der Waals surface area contributed by atoms with Crippen LogP contribution < -0.4 is 11.5 Å². The van der Waals surface area contributed by atoms with E-state index in [1.165, 1.54) is 11.8 Å². The van der Waals surface area contributed by atoms with Gasteiger partial charge in [0.05, 0.1) is 5.04 Å². The van der Waals surface area contributed by atoms with E-state index in [4.69, 9.17) is 11.5 Å². The summed E-state index contributed by atoms with van der Waals surface area (Å²) in [6.45, 7) is 0.709. The first-order valence-corrected chi connectivity index (χ1v) is 4.99. The number of hydrogen-bond donors (Lipinski definition) is 3. The molecular weight excluding hydrogens is 190 g/mol. The van der Waals surface area contributed by atoms with Crippen LogP contribution >= 0.6 is 11.8 Å². The van der Waals surface area contributed by atoms with E-state index in [0.717, 1.165) is 5.75 Å². The average Bonchev–Trinajstić information content (AvgIpc) is 2.53. The normalized spacial score (nSPS) is 20.9. The highest BCUT2D eigenvalue weighted by atomic mass is 32.2. The van der Waals surface area contributed by atoms with E-state index in [0.29, 0.717) is 11.6 Å². The van der Waals surface area contributed by atoms with E-state index in [1.54, 1.807) is 0 Å². The smallest absolute Gasteiger partial charge is 0.219 e. The van der Waals surface area contributed by atoms with Crippen molar-refractivity contribution < 1.29 is 9.90 Å². The van der Waals surface area contributed by atoms with E-state index in [9.17, 15) is 9.90 Å². The van der Waals surface area contributed by atoms with Crippen LogP contribution in [-0.4, -0.2) is 40.5 Å². The molecule has 0 aromatic carbocycles. The lowest BCUT2D eigenvalue weighted by atomic mass is 10.1. The molecule has 1 aliphatic rings. The van der Waals surface area contributed by atoms with Gasteiger partial charge < -0.3 is 16.6 Å². The zero-order chi connectivity index (χ0) is 9.84. The van der Waals surface area contributed by atoms with Crippen molar-refractivity contribution in [2.24, 2.45) is 16.5 Å². The number of rotatable bonds is 4. The van der Waals surface area contributed by atoms with Crippen molar-refractivity contribution in [3.63, 3.8) is 0 Å². The molecule has 1 aliphatic heterocycles.